The summed E-state index contributed by atoms with van der Waals surface area (Å²) >= 11 is 1.89. The first-order chi connectivity index (χ1) is 23.6. The number of thioether (sulfide) groups is 1. The minimum Gasteiger partial charge on any atom is -0.504 e. The van der Waals surface area contributed by atoms with E-state index < -0.39 is 0 Å². The summed E-state index contributed by atoms with van der Waals surface area (Å²) in [5.41, 5.74) is 14.1. The van der Waals surface area contributed by atoms with Crippen LogP contribution in [0.15, 0.2) is 24.3 Å². The van der Waals surface area contributed by atoms with Crippen LogP contribution in [0.3, 0.4) is 0 Å². The number of ether oxygens (including phenoxy) is 5. The number of rotatable bonds is 4. The van der Waals surface area contributed by atoms with Crippen molar-refractivity contribution in [2.45, 2.75) is 56.6 Å². The van der Waals surface area contributed by atoms with Gasteiger partial charge < -0.3 is 44.3 Å². The minimum atomic E-state index is -0.379. The van der Waals surface area contributed by atoms with Gasteiger partial charge in [0.15, 0.2) is 23.0 Å². The van der Waals surface area contributed by atoms with Crippen LogP contribution in [0.2, 0.25) is 0 Å². The molecule has 0 spiro atoms. The number of hydrogen-bond acceptors (Lipinski definition) is 11. The molecule has 5 aliphatic rings. The zero-order valence-electron chi connectivity index (χ0n) is 28.9. The summed E-state index contributed by atoms with van der Waals surface area (Å²) in [5, 5.41) is 15.3. The van der Waals surface area contributed by atoms with Gasteiger partial charge >= 0.3 is 5.97 Å². The molecule has 12 heteroatoms. The quantitative estimate of drug-likeness (QED) is 0.151. The number of phenols is 1. The van der Waals surface area contributed by atoms with Crippen LogP contribution < -0.4 is 34.7 Å². The zero-order chi connectivity index (χ0) is 34.4. The molecule has 0 saturated carbocycles. The molecule has 0 aromatic heterocycles. The SMILES string of the molecule is COc1cc2c(cc1N)CC[N+]1(C)CC3c4c5c(c(C)c(OC(C)=O)c4C(SCC21)C1C(c2ccc(C)c(OC)c2O)NCCN31)OCO5. The van der Waals surface area contributed by atoms with E-state index in [4.69, 9.17) is 29.4 Å². The van der Waals surface area contributed by atoms with Gasteiger partial charge in [-0.2, -0.15) is 0 Å². The predicted molar refractivity (Wildman–Crippen MR) is 187 cm³/mol. The van der Waals surface area contributed by atoms with Crippen LogP contribution in [0.25, 0.3) is 0 Å². The number of esters is 1. The first-order valence-corrected chi connectivity index (χ1v) is 18.0. The Balaban J connectivity index is 1.37. The number of nitrogens with zero attached hydrogens (tertiary/aromatic N) is 2. The molecule has 260 valence electrons. The predicted octanol–water partition coefficient (Wildman–Crippen LogP) is 4.86. The van der Waals surface area contributed by atoms with E-state index in [-0.39, 0.29) is 47.9 Å². The second-order valence-corrected chi connectivity index (χ2v) is 15.3. The summed E-state index contributed by atoms with van der Waals surface area (Å²) in [4.78, 5) is 15.4. The number of nitrogen functional groups attached to an aromatic ring is 1. The topological polar surface area (TPSA) is 125 Å². The number of piperazine rings is 1. The van der Waals surface area contributed by atoms with Crippen molar-refractivity contribution in [1.29, 1.82) is 0 Å². The molecule has 11 nitrogen and oxygen atoms in total. The van der Waals surface area contributed by atoms with Crippen molar-refractivity contribution in [2.24, 2.45) is 0 Å². The van der Waals surface area contributed by atoms with Crippen molar-refractivity contribution < 1.29 is 38.1 Å². The fraction of sp³-hybridized carbons (Fsp3) is 0.486. The fourth-order valence-electron chi connectivity index (χ4n) is 9.23. The normalized spacial score (nSPS) is 28.2. The molecule has 1 fully saturated rings. The summed E-state index contributed by atoms with van der Waals surface area (Å²) in [6.07, 6.45) is 0.902. The van der Waals surface area contributed by atoms with Crippen LogP contribution >= 0.6 is 11.8 Å². The van der Waals surface area contributed by atoms with Crippen LogP contribution in [0.5, 0.6) is 34.5 Å². The maximum absolute atomic E-state index is 12.8. The summed E-state index contributed by atoms with van der Waals surface area (Å²) in [7, 11) is 5.64. The van der Waals surface area contributed by atoms with Gasteiger partial charge in [-0.25, -0.2) is 0 Å². The highest BCUT2D eigenvalue weighted by Gasteiger charge is 2.56. The van der Waals surface area contributed by atoms with Crippen molar-refractivity contribution >= 4 is 23.4 Å². The summed E-state index contributed by atoms with van der Waals surface area (Å²) in [5.74, 6) is 3.72. The van der Waals surface area contributed by atoms with Crippen molar-refractivity contribution in [3.8, 4) is 34.5 Å². The van der Waals surface area contributed by atoms with E-state index in [1.807, 2.05) is 37.7 Å². The monoisotopic (exact) mass is 689 g/mol. The lowest BCUT2D eigenvalue weighted by molar-refractivity contribution is -0.941. The fourth-order valence-corrected chi connectivity index (χ4v) is 11.1. The van der Waals surface area contributed by atoms with Crippen LogP contribution in [-0.2, 0) is 11.2 Å². The number of phenolic OH excluding ortho intramolecular Hbond substituents is 1. The lowest BCUT2D eigenvalue weighted by Gasteiger charge is -2.54. The Kier molecular flexibility index (Phi) is 7.86. The number of nitrogens with two attached hydrogens (primary N) is 1. The van der Waals surface area contributed by atoms with Gasteiger partial charge in [-0.3, -0.25) is 9.69 Å². The van der Waals surface area contributed by atoms with E-state index in [1.165, 1.54) is 18.1 Å². The molecule has 0 aliphatic carbocycles. The number of quaternary nitrogens is 1. The third-order valence-corrected chi connectivity index (χ3v) is 12.9. The second kappa shape index (κ2) is 11.9. The molecule has 49 heavy (non-hydrogen) atoms. The third-order valence-electron chi connectivity index (χ3n) is 11.5. The zero-order valence-corrected chi connectivity index (χ0v) is 29.7. The first-order valence-electron chi connectivity index (χ1n) is 17.0. The van der Waals surface area contributed by atoms with E-state index in [2.05, 4.69) is 29.4 Å². The van der Waals surface area contributed by atoms with E-state index in [9.17, 15) is 9.90 Å². The Labute approximate surface area is 291 Å². The molecular weight excluding hydrogens is 644 g/mol. The number of benzene rings is 3. The largest absolute Gasteiger partial charge is 0.504 e. The molecule has 3 aromatic carbocycles. The molecular formula is C37H45N4O7S+. The second-order valence-electron chi connectivity index (χ2n) is 14.2. The number of aryl methyl sites for hydroxylation is 1. The average Bonchev–Trinajstić information content (AvgIpc) is 3.59. The average molecular weight is 690 g/mol. The number of carbonyl (C=O) groups excluding carboxylic acids is 1. The van der Waals surface area contributed by atoms with Crippen LogP contribution in [0, 0.1) is 13.8 Å². The maximum atomic E-state index is 12.8. The van der Waals surface area contributed by atoms with Gasteiger partial charge in [0.25, 0.3) is 0 Å². The Bertz CT molecular complexity index is 1870. The minimum absolute atomic E-state index is 0.0934. The third kappa shape index (κ3) is 4.85. The number of fused-ring (bicyclic) bond motifs is 7. The lowest BCUT2D eigenvalue weighted by atomic mass is 9.78. The Hall–Kier alpha value is -3.84. The van der Waals surface area contributed by atoms with Gasteiger partial charge in [-0.05, 0) is 37.1 Å². The smallest absolute Gasteiger partial charge is 0.308 e. The van der Waals surface area contributed by atoms with Crippen LogP contribution in [-0.4, -0.2) is 86.5 Å². The van der Waals surface area contributed by atoms with E-state index in [1.54, 1.807) is 14.2 Å². The van der Waals surface area contributed by atoms with Crippen molar-refractivity contribution in [2.75, 3.05) is 65.7 Å². The number of aromatic hydroxyl groups is 1. The molecule has 6 atom stereocenters. The van der Waals surface area contributed by atoms with Crippen molar-refractivity contribution in [3.63, 3.8) is 0 Å². The van der Waals surface area contributed by atoms with E-state index in [0.717, 1.165) is 76.4 Å². The summed E-state index contributed by atoms with van der Waals surface area (Å²) in [6, 6.07) is 8.00. The summed E-state index contributed by atoms with van der Waals surface area (Å²) < 4.78 is 30.8. The Morgan fingerprint density at radius 2 is 1.90 bits per heavy atom. The molecule has 0 amide bonds. The first kappa shape index (κ1) is 32.4. The van der Waals surface area contributed by atoms with Crippen LogP contribution in [0.1, 0.15) is 69.2 Å². The molecule has 8 rings (SSSR count). The number of hydrogen-bond donors (Lipinski definition) is 3. The molecule has 1 saturated heterocycles. The molecule has 0 radical (unpaired) electrons. The molecule has 3 aromatic rings. The highest BCUT2D eigenvalue weighted by molar-refractivity contribution is 7.99. The van der Waals surface area contributed by atoms with Crippen molar-refractivity contribution in [3.05, 3.63) is 63.2 Å². The number of methoxy groups -OCH3 is 2. The summed E-state index contributed by atoms with van der Waals surface area (Å²) in [6.45, 7) is 8.72. The van der Waals surface area contributed by atoms with E-state index >= 15 is 0 Å². The van der Waals surface area contributed by atoms with Gasteiger partial charge in [-0.1, -0.05) is 12.1 Å². The molecule has 5 heterocycles. The van der Waals surface area contributed by atoms with Gasteiger partial charge in [0.05, 0.1) is 63.1 Å². The Morgan fingerprint density at radius 3 is 2.65 bits per heavy atom. The van der Waals surface area contributed by atoms with Gasteiger partial charge in [0.1, 0.15) is 17.5 Å². The van der Waals surface area contributed by atoms with Gasteiger partial charge in [0, 0.05) is 60.3 Å². The maximum Gasteiger partial charge on any atom is 0.308 e. The van der Waals surface area contributed by atoms with E-state index in [0.29, 0.717) is 28.7 Å². The Morgan fingerprint density at radius 1 is 1.10 bits per heavy atom. The lowest BCUT2D eigenvalue weighted by Crippen LogP contribution is -2.61. The van der Waals surface area contributed by atoms with Gasteiger partial charge in [0.2, 0.25) is 6.79 Å². The van der Waals surface area contributed by atoms with Crippen molar-refractivity contribution in [1.82, 2.24) is 10.2 Å². The van der Waals surface area contributed by atoms with Gasteiger partial charge in [-0.15, -0.1) is 11.8 Å². The number of anilines is 1. The highest BCUT2D eigenvalue weighted by Crippen LogP contribution is 2.62. The number of carbonyl (C=O) groups is 1. The molecule has 2 bridgehead atoms. The standard InChI is InChI=1S/C37H44N4O7S/c1-18-7-8-22(32(43)33(18)45-6)30-31-37-29-28(36-35(46-17-47-36)19(2)34(29)48-20(3)42)25(40(31)11-10-39-30)15-41(4)12-9-21-13-24(38)27(44-5)14-23(21)26(41)16-49-37/h7-8,13-14,25-26,30-31,37,39H,9-12,15-17,38H2,1-6H3/p+1. The molecule has 6 unspecified atom stereocenters. The number of likely N-dealkylation sites (N-methyl/N-ethyl adjacent to an activating group) is 1. The highest BCUT2D eigenvalue weighted by atomic mass is 32.2. The van der Waals surface area contributed by atoms with Crippen LogP contribution in [0.4, 0.5) is 5.69 Å². The number of nitrogens with one attached hydrogen (secondary N) is 1. The molecule has 5 aliphatic heterocycles. The molecule has 4 N–H and O–H groups in total.